The highest BCUT2D eigenvalue weighted by Crippen LogP contribution is 2.41. The maximum Gasteiger partial charge on any atom is 0.231 e. The molecule has 1 N–H and O–H groups in total. The number of hydrogen-bond donors (Lipinski definition) is 3. The molecule has 1 aromatic carbocycles. The Morgan fingerprint density at radius 2 is 2.00 bits per heavy atom. The molecule has 0 unspecified atom stereocenters. The lowest BCUT2D eigenvalue weighted by atomic mass is 10.1. The second-order valence-corrected chi connectivity index (χ2v) is 5.24. The number of fused-ring (bicyclic) bond motifs is 1. The van der Waals surface area contributed by atoms with Crippen molar-refractivity contribution >= 4 is 25.3 Å². The van der Waals surface area contributed by atoms with Gasteiger partial charge in [0.15, 0.2) is 11.5 Å². The normalized spacial score (nSPS) is 14.3. The molecule has 2 rings (SSSR count). The molecular formula is C10H12O3S2. The summed E-state index contributed by atoms with van der Waals surface area (Å²) in [6.07, 6.45) is 0.471. The Morgan fingerprint density at radius 1 is 1.27 bits per heavy atom. The van der Waals surface area contributed by atoms with Gasteiger partial charge in [-0.2, -0.15) is 25.3 Å². The van der Waals surface area contributed by atoms with E-state index in [2.05, 4.69) is 25.3 Å². The van der Waals surface area contributed by atoms with Crippen LogP contribution >= 0.6 is 25.3 Å². The molecule has 0 saturated carbocycles. The van der Waals surface area contributed by atoms with E-state index < -0.39 is 4.08 Å². The van der Waals surface area contributed by atoms with Crippen LogP contribution in [0.25, 0.3) is 0 Å². The van der Waals surface area contributed by atoms with Crippen LogP contribution in [-0.2, 0) is 4.08 Å². The van der Waals surface area contributed by atoms with Crippen molar-refractivity contribution in [1.29, 1.82) is 0 Å². The van der Waals surface area contributed by atoms with Gasteiger partial charge in [0.25, 0.3) is 0 Å². The maximum absolute atomic E-state index is 8.90. The van der Waals surface area contributed by atoms with E-state index in [4.69, 9.17) is 14.6 Å². The summed E-state index contributed by atoms with van der Waals surface area (Å²) in [5.74, 6) is 1.44. The van der Waals surface area contributed by atoms with Gasteiger partial charge in [0.05, 0.1) is 4.08 Å². The topological polar surface area (TPSA) is 38.7 Å². The van der Waals surface area contributed by atoms with E-state index in [1.165, 1.54) is 0 Å². The van der Waals surface area contributed by atoms with E-state index in [-0.39, 0.29) is 13.4 Å². The summed E-state index contributed by atoms with van der Waals surface area (Å²) in [4.78, 5) is 0. The minimum absolute atomic E-state index is 0.0431. The van der Waals surface area contributed by atoms with Crippen molar-refractivity contribution < 1.29 is 14.6 Å². The van der Waals surface area contributed by atoms with Crippen molar-refractivity contribution in [2.75, 3.05) is 13.4 Å². The smallest absolute Gasteiger partial charge is 0.231 e. The van der Waals surface area contributed by atoms with Crippen LogP contribution in [0, 0.1) is 0 Å². The zero-order chi connectivity index (χ0) is 10.9. The van der Waals surface area contributed by atoms with E-state index in [1.807, 2.05) is 18.2 Å². The minimum atomic E-state index is -0.643. The standard InChI is InChI=1S/C10H12O3S2/c11-4-3-10(14,15)7-1-2-8-9(5-7)13-6-12-8/h1-2,5,11,14-15H,3-4,6H2. The van der Waals surface area contributed by atoms with Gasteiger partial charge in [0.1, 0.15) is 0 Å². The molecule has 15 heavy (non-hydrogen) atoms. The van der Waals surface area contributed by atoms with Gasteiger partial charge in [0.2, 0.25) is 6.79 Å². The lowest BCUT2D eigenvalue weighted by Crippen LogP contribution is -2.12. The molecule has 0 fully saturated rings. The van der Waals surface area contributed by atoms with Crippen molar-refractivity contribution in [3.63, 3.8) is 0 Å². The summed E-state index contributed by atoms with van der Waals surface area (Å²) in [5.41, 5.74) is 0.896. The Kier molecular flexibility index (Phi) is 3.04. The van der Waals surface area contributed by atoms with Crippen LogP contribution in [-0.4, -0.2) is 18.5 Å². The molecule has 5 heteroatoms. The van der Waals surface area contributed by atoms with Gasteiger partial charge in [0, 0.05) is 6.61 Å². The highest BCUT2D eigenvalue weighted by atomic mass is 32.2. The van der Waals surface area contributed by atoms with E-state index in [9.17, 15) is 0 Å². The van der Waals surface area contributed by atoms with Gasteiger partial charge in [-0.15, -0.1) is 0 Å². The lowest BCUT2D eigenvalue weighted by Gasteiger charge is -2.22. The fourth-order valence-electron chi connectivity index (χ4n) is 1.45. The minimum Gasteiger partial charge on any atom is -0.454 e. The van der Waals surface area contributed by atoms with Gasteiger partial charge in [-0.1, -0.05) is 6.07 Å². The van der Waals surface area contributed by atoms with E-state index in [0.29, 0.717) is 12.2 Å². The first-order chi connectivity index (χ1) is 7.13. The Morgan fingerprint density at radius 3 is 2.73 bits per heavy atom. The first-order valence-electron chi connectivity index (χ1n) is 4.59. The fraction of sp³-hybridized carbons (Fsp3) is 0.400. The van der Waals surface area contributed by atoms with Crippen LogP contribution in [0.3, 0.4) is 0 Å². The Bertz CT molecular complexity index is 366. The molecule has 1 aromatic rings. The number of aliphatic hydroxyl groups is 1. The first kappa shape index (κ1) is 11.0. The number of rotatable bonds is 3. The highest BCUT2D eigenvalue weighted by molar-refractivity contribution is 7.99. The quantitative estimate of drug-likeness (QED) is 0.561. The molecule has 1 heterocycles. The molecule has 3 nitrogen and oxygen atoms in total. The molecule has 0 atom stereocenters. The third-order valence-electron chi connectivity index (χ3n) is 2.30. The summed E-state index contributed by atoms with van der Waals surface area (Å²) in [5, 5.41) is 8.90. The number of hydrogen-bond acceptors (Lipinski definition) is 5. The van der Waals surface area contributed by atoms with Crippen LogP contribution < -0.4 is 9.47 Å². The molecule has 82 valence electrons. The average Bonchev–Trinajstić information content (AvgIpc) is 2.63. The van der Waals surface area contributed by atoms with Crippen LogP contribution in [0.15, 0.2) is 18.2 Å². The van der Waals surface area contributed by atoms with Crippen LogP contribution in [0.1, 0.15) is 12.0 Å². The summed E-state index contributed by atoms with van der Waals surface area (Å²) in [6.45, 7) is 0.298. The average molecular weight is 244 g/mol. The van der Waals surface area contributed by atoms with E-state index >= 15 is 0 Å². The second-order valence-electron chi connectivity index (χ2n) is 3.36. The SMILES string of the molecule is OCCC(S)(S)c1ccc2c(c1)OCO2. The van der Waals surface area contributed by atoms with Crippen LogP contribution in [0.5, 0.6) is 11.5 Å². The van der Waals surface area contributed by atoms with Crippen molar-refractivity contribution in [2.45, 2.75) is 10.5 Å². The molecule has 0 aromatic heterocycles. The van der Waals surface area contributed by atoms with Crippen molar-refractivity contribution in [2.24, 2.45) is 0 Å². The van der Waals surface area contributed by atoms with Gasteiger partial charge < -0.3 is 14.6 Å². The second kappa shape index (κ2) is 4.15. The van der Waals surface area contributed by atoms with Gasteiger partial charge in [-0.25, -0.2) is 0 Å². The molecule has 0 amide bonds. The predicted molar refractivity (Wildman–Crippen MR) is 63.9 cm³/mol. The predicted octanol–water partition coefficient (Wildman–Crippen LogP) is 1.81. The molecule has 0 aliphatic carbocycles. The largest absolute Gasteiger partial charge is 0.454 e. The molecule has 0 radical (unpaired) electrons. The third-order valence-corrected chi connectivity index (χ3v) is 3.26. The summed E-state index contributed by atoms with van der Waals surface area (Å²) >= 11 is 8.81. The number of benzene rings is 1. The Balaban J connectivity index is 2.29. The zero-order valence-electron chi connectivity index (χ0n) is 8.01. The van der Waals surface area contributed by atoms with Crippen LogP contribution in [0.4, 0.5) is 0 Å². The molecule has 1 aliphatic rings. The van der Waals surface area contributed by atoms with E-state index in [0.717, 1.165) is 11.3 Å². The maximum atomic E-state index is 8.90. The van der Waals surface area contributed by atoms with Gasteiger partial charge in [-0.3, -0.25) is 0 Å². The van der Waals surface area contributed by atoms with Gasteiger partial charge >= 0.3 is 0 Å². The van der Waals surface area contributed by atoms with Crippen molar-refractivity contribution in [3.05, 3.63) is 23.8 Å². The monoisotopic (exact) mass is 244 g/mol. The molecule has 0 bridgehead atoms. The Labute approximate surface area is 99.2 Å². The fourth-order valence-corrected chi connectivity index (χ4v) is 1.92. The number of aliphatic hydroxyl groups excluding tert-OH is 1. The summed E-state index contributed by atoms with van der Waals surface area (Å²) in [6, 6.07) is 5.55. The molecule has 0 spiro atoms. The highest BCUT2D eigenvalue weighted by Gasteiger charge is 2.25. The zero-order valence-corrected chi connectivity index (χ0v) is 9.80. The van der Waals surface area contributed by atoms with Gasteiger partial charge in [-0.05, 0) is 24.1 Å². The first-order valence-corrected chi connectivity index (χ1v) is 5.49. The third kappa shape index (κ3) is 2.19. The molecule has 0 saturated heterocycles. The number of thiol groups is 2. The van der Waals surface area contributed by atoms with Crippen molar-refractivity contribution in [1.82, 2.24) is 0 Å². The lowest BCUT2D eigenvalue weighted by molar-refractivity contribution is 0.174. The summed E-state index contributed by atoms with van der Waals surface area (Å²) in [7, 11) is 0. The number of ether oxygens (including phenoxy) is 2. The molecule has 1 aliphatic heterocycles. The summed E-state index contributed by atoms with van der Waals surface area (Å²) < 4.78 is 9.82. The van der Waals surface area contributed by atoms with Crippen molar-refractivity contribution in [3.8, 4) is 11.5 Å². The van der Waals surface area contributed by atoms with Crippen LogP contribution in [0.2, 0.25) is 0 Å². The Hall–Kier alpha value is -0.520. The molecular weight excluding hydrogens is 232 g/mol. The van der Waals surface area contributed by atoms with E-state index in [1.54, 1.807) is 0 Å².